The molecule has 0 bridgehead atoms. The summed E-state index contributed by atoms with van der Waals surface area (Å²) in [6.07, 6.45) is 4.51. The minimum atomic E-state index is 0.425. The van der Waals surface area contributed by atoms with E-state index in [-0.39, 0.29) is 0 Å². The number of nitrogens with zero attached hydrogens (tertiary/aromatic N) is 2. The van der Waals surface area contributed by atoms with Crippen molar-refractivity contribution in [2.75, 3.05) is 24.6 Å². The molecule has 2 heterocycles. The van der Waals surface area contributed by atoms with Gasteiger partial charge in [0.15, 0.2) is 0 Å². The van der Waals surface area contributed by atoms with E-state index in [1.807, 2.05) is 13.1 Å². The predicted octanol–water partition coefficient (Wildman–Crippen LogP) is 3.13. The highest BCUT2D eigenvalue weighted by Crippen LogP contribution is 2.26. The number of aryl methyl sites for hydroxylation is 1. The van der Waals surface area contributed by atoms with Crippen LogP contribution in [0.25, 0.3) is 0 Å². The summed E-state index contributed by atoms with van der Waals surface area (Å²) in [6.45, 7) is 6.97. The molecular formula is C14H21ClN2O. The van der Waals surface area contributed by atoms with Crippen LogP contribution < -0.4 is 4.90 Å². The largest absolute Gasteiger partial charge is 0.378 e. The minimum absolute atomic E-state index is 0.425. The Morgan fingerprint density at radius 1 is 1.44 bits per heavy atom. The maximum atomic E-state index is 5.99. The van der Waals surface area contributed by atoms with E-state index in [1.54, 1.807) is 0 Å². The highest BCUT2D eigenvalue weighted by molar-refractivity contribution is 6.17. The van der Waals surface area contributed by atoms with Crippen molar-refractivity contribution >= 4 is 17.3 Å². The summed E-state index contributed by atoms with van der Waals surface area (Å²) in [5.74, 6) is 0.522. The Balaban J connectivity index is 2.06. The van der Waals surface area contributed by atoms with Crippen molar-refractivity contribution in [2.45, 2.75) is 38.7 Å². The number of anilines is 1. The highest BCUT2D eigenvalue weighted by Gasteiger charge is 2.21. The minimum Gasteiger partial charge on any atom is -0.378 e. The van der Waals surface area contributed by atoms with Gasteiger partial charge in [-0.3, -0.25) is 4.98 Å². The van der Waals surface area contributed by atoms with Crippen molar-refractivity contribution in [3.8, 4) is 0 Å². The molecule has 0 N–H and O–H groups in total. The van der Waals surface area contributed by atoms with Crippen LogP contribution in [-0.2, 0) is 10.6 Å². The molecule has 1 aliphatic heterocycles. The zero-order valence-corrected chi connectivity index (χ0v) is 11.9. The summed E-state index contributed by atoms with van der Waals surface area (Å²) in [4.78, 5) is 6.72. The van der Waals surface area contributed by atoms with Crippen LogP contribution >= 0.6 is 11.6 Å². The number of pyridine rings is 1. The second-order valence-corrected chi connectivity index (χ2v) is 5.00. The molecule has 1 aromatic heterocycles. The molecule has 0 radical (unpaired) electrons. The first-order valence-electron chi connectivity index (χ1n) is 6.62. The summed E-state index contributed by atoms with van der Waals surface area (Å²) in [6, 6.07) is 2.14. The molecular weight excluding hydrogens is 248 g/mol. The number of aromatic nitrogens is 1. The van der Waals surface area contributed by atoms with Gasteiger partial charge in [-0.2, -0.15) is 0 Å². The molecule has 18 heavy (non-hydrogen) atoms. The van der Waals surface area contributed by atoms with Crippen molar-refractivity contribution < 1.29 is 4.74 Å². The van der Waals surface area contributed by atoms with Gasteiger partial charge in [0.1, 0.15) is 0 Å². The Morgan fingerprint density at radius 2 is 2.17 bits per heavy atom. The number of rotatable bonds is 4. The van der Waals surface area contributed by atoms with Crippen LogP contribution in [0.5, 0.6) is 0 Å². The van der Waals surface area contributed by atoms with E-state index >= 15 is 0 Å². The molecule has 0 spiro atoms. The molecule has 0 unspecified atom stereocenters. The summed E-state index contributed by atoms with van der Waals surface area (Å²) in [5.41, 5.74) is 3.41. The fraction of sp³-hybridized carbons (Fsp3) is 0.643. The average molecular weight is 269 g/mol. The smallest absolute Gasteiger partial charge is 0.0608 e. The fourth-order valence-electron chi connectivity index (χ4n) is 2.47. The second kappa shape index (κ2) is 6.39. The Bertz CT molecular complexity index is 389. The van der Waals surface area contributed by atoms with Gasteiger partial charge in [-0.1, -0.05) is 0 Å². The summed E-state index contributed by atoms with van der Waals surface area (Å²) in [7, 11) is 0. The van der Waals surface area contributed by atoms with Gasteiger partial charge < -0.3 is 9.64 Å². The Hall–Kier alpha value is -0.800. The van der Waals surface area contributed by atoms with Crippen molar-refractivity contribution in [1.82, 2.24) is 4.98 Å². The van der Waals surface area contributed by atoms with Gasteiger partial charge in [-0.05, 0) is 32.8 Å². The van der Waals surface area contributed by atoms with Gasteiger partial charge in [0, 0.05) is 42.8 Å². The number of halogens is 1. The zero-order valence-electron chi connectivity index (χ0n) is 11.2. The molecule has 1 fully saturated rings. The van der Waals surface area contributed by atoms with Crippen LogP contribution in [0.3, 0.4) is 0 Å². The summed E-state index contributed by atoms with van der Waals surface area (Å²) in [5, 5.41) is 0. The number of ether oxygens (including phenoxy) is 1. The van der Waals surface area contributed by atoms with Crippen molar-refractivity contribution in [1.29, 1.82) is 0 Å². The van der Waals surface area contributed by atoms with Crippen LogP contribution in [-0.4, -0.2) is 30.8 Å². The van der Waals surface area contributed by atoms with Gasteiger partial charge in [-0.25, -0.2) is 0 Å². The van der Waals surface area contributed by atoms with Gasteiger partial charge in [0.05, 0.1) is 12.0 Å². The molecule has 4 heteroatoms. The van der Waals surface area contributed by atoms with Crippen LogP contribution in [0, 0.1) is 6.92 Å². The number of piperidine rings is 1. The molecule has 2 rings (SSSR count). The lowest BCUT2D eigenvalue weighted by Gasteiger charge is -2.34. The molecule has 0 saturated carbocycles. The van der Waals surface area contributed by atoms with Crippen molar-refractivity contribution in [3.63, 3.8) is 0 Å². The monoisotopic (exact) mass is 268 g/mol. The first kappa shape index (κ1) is 13.6. The van der Waals surface area contributed by atoms with Crippen LogP contribution in [0.15, 0.2) is 12.3 Å². The molecule has 1 aliphatic rings. The summed E-state index contributed by atoms with van der Waals surface area (Å²) < 4.78 is 5.68. The first-order chi connectivity index (χ1) is 8.74. The van der Waals surface area contributed by atoms with Crippen molar-refractivity contribution in [3.05, 3.63) is 23.5 Å². The molecule has 1 aromatic rings. The van der Waals surface area contributed by atoms with Crippen LogP contribution in [0.4, 0.5) is 5.69 Å². The molecule has 100 valence electrons. The maximum absolute atomic E-state index is 5.99. The Morgan fingerprint density at radius 3 is 2.78 bits per heavy atom. The second-order valence-electron chi connectivity index (χ2n) is 4.73. The lowest BCUT2D eigenvalue weighted by Crippen LogP contribution is -2.37. The van der Waals surface area contributed by atoms with Gasteiger partial charge in [0.25, 0.3) is 0 Å². The van der Waals surface area contributed by atoms with Gasteiger partial charge in [-0.15, -0.1) is 11.6 Å². The Kier molecular flexibility index (Phi) is 4.84. The molecule has 0 amide bonds. The van der Waals surface area contributed by atoms with E-state index in [2.05, 4.69) is 22.9 Å². The first-order valence-corrected chi connectivity index (χ1v) is 7.16. The Labute approximate surface area is 114 Å². The summed E-state index contributed by atoms with van der Waals surface area (Å²) >= 11 is 5.99. The molecule has 0 atom stereocenters. The molecule has 3 nitrogen and oxygen atoms in total. The van der Waals surface area contributed by atoms with E-state index < -0.39 is 0 Å². The fourth-order valence-corrected chi connectivity index (χ4v) is 2.68. The molecule has 1 saturated heterocycles. The van der Waals surface area contributed by atoms with E-state index in [0.717, 1.165) is 43.8 Å². The predicted molar refractivity (Wildman–Crippen MR) is 75.4 cm³/mol. The van der Waals surface area contributed by atoms with Crippen LogP contribution in [0.1, 0.15) is 31.0 Å². The lowest BCUT2D eigenvalue weighted by molar-refractivity contribution is 0.0459. The molecule has 0 aliphatic carbocycles. The third kappa shape index (κ3) is 3.15. The average Bonchev–Trinajstić information content (AvgIpc) is 2.40. The van der Waals surface area contributed by atoms with Crippen LogP contribution in [0.2, 0.25) is 0 Å². The normalized spacial score (nSPS) is 17.2. The van der Waals surface area contributed by atoms with E-state index in [0.29, 0.717) is 12.0 Å². The quantitative estimate of drug-likeness (QED) is 0.785. The third-order valence-electron chi connectivity index (χ3n) is 3.43. The highest BCUT2D eigenvalue weighted by atomic mass is 35.5. The zero-order chi connectivity index (χ0) is 13.0. The molecule has 0 aromatic carbocycles. The van der Waals surface area contributed by atoms with E-state index in [1.165, 1.54) is 5.69 Å². The lowest BCUT2D eigenvalue weighted by atomic mass is 10.1. The van der Waals surface area contributed by atoms with E-state index in [9.17, 15) is 0 Å². The number of hydrogen-bond acceptors (Lipinski definition) is 3. The van der Waals surface area contributed by atoms with Crippen molar-refractivity contribution in [2.24, 2.45) is 0 Å². The third-order valence-corrected chi connectivity index (χ3v) is 3.72. The maximum Gasteiger partial charge on any atom is 0.0608 e. The van der Waals surface area contributed by atoms with Gasteiger partial charge in [0.2, 0.25) is 0 Å². The number of hydrogen-bond donors (Lipinski definition) is 0. The van der Waals surface area contributed by atoms with Gasteiger partial charge >= 0.3 is 0 Å². The topological polar surface area (TPSA) is 25.4 Å². The SMILES string of the molecule is CCOC1CCN(c2cc(C)ncc2CCl)CC1. The van der Waals surface area contributed by atoms with E-state index in [4.69, 9.17) is 16.3 Å². The standard InChI is InChI=1S/C14H21ClN2O/c1-3-18-13-4-6-17(7-5-13)14-8-11(2)16-10-12(14)9-15/h8,10,13H,3-7,9H2,1-2H3. The number of alkyl halides is 1.